The van der Waals surface area contributed by atoms with Crippen LogP contribution in [0, 0.1) is 0 Å². The normalized spacial score (nSPS) is 11.8. The summed E-state index contributed by atoms with van der Waals surface area (Å²) in [6.45, 7) is 0.0360. The van der Waals surface area contributed by atoms with Crippen molar-refractivity contribution in [2.24, 2.45) is 0 Å². The number of rotatable bonds is 2. The summed E-state index contributed by atoms with van der Waals surface area (Å²) < 4.78 is 40.2. The Morgan fingerprint density at radius 1 is 1.29 bits per heavy atom. The molecule has 2 rings (SSSR count). The Kier molecular flexibility index (Phi) is 3.19. The third kappa shape index (κ3) is 2.85. The molecule has 0 bridgehead atoms. The highest BCUT2D eigenvalue weighted by Crippen LogP contribution is 2.33. The Morgan fingerprint density at radius 2 is 2.06 bits per heavy atom. The Hall–Kier alpha value is -1.37. The summed E-state index contributed by atoms with van der Waals surface area (Å²) in [5.41, 5.74) is -0.506. The van der Waals surface area contributed by atoms with Gasteiger partial charge in [0.05, 0.1) is 18.3 Å². The van der Waals surface area contributed by atoms with Crippen LogP contribution in [-0.2, 0) is 12.7 Å². The van der Waals surface area contributed by atoms with E-state index >= 15 is 0 Å². The molecule has 2 aromatic rings. The molecule has 0 unspecified atom stereocenters. The van der Waals surface area contributed by atoms with Crippen molar-refractivity contribution in [2.45, 2.75) is 12.7 Å². The third-order valence-corrected chi connectivity index (χ3v) is 2.67. The number of nitrogens with zero attached hydrogens (tertiary/aromatic N) is 3. The molecule has 0 radical (unpaired) electrons. The minimum Gasteiger partial charge on any atom is -0.248 e. The molecule has 1 aromatic heterocycles. The maximum atomic E-state index is 12.7. The fourth-order valence-electron chi connectivity index (χ4n) is 1.46. The molecular formula is C10H7BrF3N3. The summed E-state index contributed by atoms with van der Waals surface area (Å²) in [6, 6.07) is 3.86. The highest BCUT2D eigenvalue weighted by Gasteiger charge is 2.33. The molecule has 0 aliphatic rings. The van der Waals surface area contributed by atoms with E-state index in [0.29, 0.717) is 4.47 Å². The fourth-order valence-corrected chi connectivity index (χ4v) is 1.87. The summed E-state index contributed by atoms with van der Waals surface area (Å²) in [7, 11) is 0. The third-order valence-electron chi connectivity index (χ3n) is 2.18. The summed E-state index contributed by atoms with van der Waals surface area (Å²) in [5.74, 6) is 0. The summed E-state index contributed by atoms with van der Waals surface area (Å²) >= 11 is 3.15. The molecule has 0 spiro atoms. The maximum absolute atomic E-state index is 12.7. The first-order valence-corrected chi connectivity index (χ1v) is 5.46. The van der Waals surface area contributed by atoms with Gasteiger partial charge in [-0.05, 0) is 23.8 Å². The molecule has 90 valence electrons. The second-order valence-electron chi connectivity index (χ2n) is 3.40. The molecular weight excluding hydrogens is 299 g/mol. The molecule has 7 heteroatoms. The van der Waals surface area contributed by atoms with Crippen LogP contribution in [0.4, 0.5) is 13.2 Å². The monoisotopic (exact) mass is 305 g/mol. The van der Waals surface area contributed by atoms with E-state index in [9.17, 15) is 13.2 Å². The lowest BCUT2D eigenvalue weighted by Gasteiger charge is -2.12. The Morgan fingerprint density at radius 3 is 2.65 bits per heavy atom. The maximum Gasteiger partial charge on any atom is 0.416 e. The largest absolute Gasteiger partial charge is 0.416 e. The topological polar surface area (TPSA) is 30.7 Å². The van der Waals surface area contributed by atoms with Gasteiger partial charge in [0.25, 0.3) is 0 Å². The molecule has 0 saturated carbocycles. The van der Waals surface area contributed by atoms with Crippen molar-refractivity contribution < 1.29 is 13.2 Å². The van der Waals surface area contributed by atoms with E-state index in [-0.39, 0.29) is 12.1 Å². The smallest absolute Gasteiger partial charge is 0.248 e. The predicted octanol–water partition coefficient (Wildman–Crippen LogP) is 3.11. The van der Waals surface area contributed by atoms with Crippen LogP contribution in [-0.4, -0.2) is 15.0 Å². The molecule has 17 heavy (non-hydrogen) atoms. The lowest BCUT2D eigenvalue weighted by Crippen LogP contribution is -2.12. The molecule has 0 fully saturated rings. The van der Waals surface area contributed by atoms with Crippen molar-refractivity contribution in [1.29, 1.82) is 0 Å². The van der Waals surface area contributed by atoms with E-state index in [1.165, 1.54) is 29.2 Å². The van der Waals surface area contributed by atoms with Gasteiger partial charge in [-0.2, -0.15) is 13.2 Å². The van der Waals surface area contributed by atoms with Crippen molar-refractivity contribution >= 4 is 15.9 Å². The Bertz CT molecular complexity index is 508. The van der Waals surface area contributed by atoms with E-state index < -0.39 is 11.7 Å². The van der Waals surface area contributed by atoms with E-state index in [4.69, 9.17) is 0 Å². The number of hydrogen-bond donors (Lipinski definition) is 0. The number of hydrogen-bond acceptors (Lipinski definition) is 2. The van der Waals surface area contributed by atoms with Crippen LogP contribution in [0.15, 0.2) is 35.1 Å². The van der Waals surface area contributed by atoms with Crippen LogP contribution in [0.25, 0.3) is 0 Å². The minimum absolute atomic E-state index is 0.0360. The van der Waals surface area contributed by atoms with Gasteiger partial charge in [0.15, 0.2) is 0 Å². The van der Waals surface area contributed by atoms with Crippen LogP contribution >= 0.6 is 15.9 Å². The van der Waals surface area contributed by atoms with Crippen LogP contribution in [0.1, 0.15) is 11.1 Å². The average Bonchev–Trinajstić information content (AvgIpc) is 2.68. The van der Waals surface area contributed by atoms with Crippen molar-refractivity contribution in [3.05, 3.63) is 46.2 Å². The van der Waals surface area contributed by atoms with Crippen LogP contribution in [0.2, 0.25) is 0 Å². The molecule has 0 amide bonds. The van der Waals surface area contributed by atoms with Gasteiger partial charge in [-0.25, -0.2) is 4.68 Å². The lowest BCUT2D eigenvalue weighted by molar-refractivity contribution is -0.138. The number of alkyl halides is 3. The molecule has 1 aromatic carbocycles. The van der Waals surface area contributed by atoms with Crippen molar-refractivity contribution in [1.82, 2.24) is 15.0 Å². The zero-order chi connectivity index (χ0) is 12.5. The second-order valence-corrected chi connectivity index (χ2v) is 4.32. The number of benzene rings is 1. The Balaban J connectivity index is 2.40. The zero-order valence-electron chi connectivity index (χ0n) is 8.45. The van der Waals surface area contributed by atoms with E-state index in [0.717, 1.165) is 6.07 Å². The quantitative estimate of drug-likeness (QED) is 0.853. The van der Waals surface area contributed by atoms with Crippen molar-refractivity contribution in [2.75, 3.05) is 0 Å². The molecule has 0 atom stereocenters. The lowest BCUT2D eigenvalue weighted by atomic mass is 10.1. The Labute approximate surface area is 103 Å². The van der Waals surface area contributed by atoms with Gasteiger partial charge < -0.3 is 0 Å². The van der Waals surface area contributed by atoms with Crippen LogP contribution < -0.4 is 0 Å². The van der Waals surface area contributed by atoms with Gasteiger partial charge in [0.2, 0.25) is 0 Å². The van der Waals surface area contributed by atoms with E-state index in [1.54, 1.807) is 0 Å². The van der Waals surface area contributed by atoms with Gasteiger partial charge in [-0.15, -0.1) is 5.10 Å². The average molecular weight is 306 g/mol. The van der Waals surface area contributed by atoms with Crippen molar-refractivity contribution in [3.8, 4) is 0 Å². The van der Waals surface area contributed by atoms with E-state index in [1.807, 2.05) is 0 Å². The second kappa shape index (κ2) is 4.48. The molecule has 0 aliphatic heterocycles. The molecule has 0 N–H and O–H groups in total. The van der Waals surface area contributed by atoms with E-state index in [2.05, 4.69) is 26.2 Å². The van der Waals surface area contributed by atoms with Crippen LogP contribution in [0.3, 0.4) is 0 Å². The zero-order valence-corrected chi connectivity index (χ0v) is 10.0. The fraction of sp³-hybridized carbons (Fsp3) is 0.200. The summed E-state index contributed by atoms with van der Waals surface area (Å²) in [6.07, 6.45) is -1.43. The first-order chi connectivity index (χ1) is 7.97. The summed E-state index contributed by atoms with van der Waals surface area (Å²) in [5, 5.41) is 7.20. The SMILES string of the molecule is FC(F)(F)c1ccc(Br)cc1Cn1ccnn1. The first kappa shape index (κ1) is 12.1. The summed E-state index contributed by atoms with van der Waals surface area (Å²) in [4.78, 5) is 0. The first-order valence-electron chi connectivity index (χ1n) is 4.66. The van der Waals surface area contributed by atoms with Gasteiger partial charge in [0.1, 0.15) is 0 Å². The standard InChI is InChI=1S/C10H7BrF3N3/c11-8-1-2-9(10(12,13)14)7(5-8)6-17-4-3-15-16-17/h1-5H,6H2. The molecule has 3 nitrogen and oxygen atoms in total. The molecule has 1 heterocycles. The molecule has 0 aliphatic carbocycles. The van der Waals surface area contributed by atoms with Gasteiger partial charge in [-0.3, -0.25) is 0 Å². The van der Waals surface area contributed by atoms with Gasteiger partial charge in [-0.1, -0.05) is 21.1 Å². The van der Waals surface area contributed by atoms with Crippen molar-refractivity contribution in [3.63, 3.8) is 0 Å². The van der Waals surface area contributed by atoms with Gasteiger partial charge >= 0.3 is 6.18 Å². The molecule has 0 saturated heterocycles. The highest BCUT2D eigenvalue weighted by atomic mass is 79.9. The highest BCUT2D eigenvalue weighted by molar-refractivity contribution is 9.10. The minimum atomic E-state index is -4.36. The number of aromatic nitrogens is 3. The number of halogens is 4. The predicted molar refractivity (Wildman–Crippen MR) is 58.3 cm³/mol. The van der Waals surface area contributed by atoms with Gasteiger partial charge in [0, 0.05) is 10.7 Å². The van der Waals surface area contributed by atoms with Crippen LogP contribution in [0.5, 0.6) is 0 Å².